The van der Waals surface area contributed by atoms with Crippen molar-refractivity contribution in [2.24, 2.45) is 5.84 Å². The smallest absolute Gasteiger partial charge is 0.238 e. The normalized spacial score (nSPS) is 10.8. The minimum atomic E-state index is -0.293. The molecule has 0 aliphatic heterocycles. The first-order valence-corrected chi connectivity index (χ1v) is 7.89. The fourth-order valence-electron chi connectivity index (χ4n) is 2.80. The van der Waals surface area contributed by atoms with Crippen molar-refractivity contribution in [3.63, 3.8) is 0 Å². The molecule has 0 aliphatic rings. The van der Waals surface area contributed by atoms with Crippen LogP contribution in [-0.2, 0) is 17.8 Å². The van der Waals surface area contributed by atoms with Gasteiger partial charge in [-0.3, -0.25) is 10.2 Å². The monoisotopic (exact) mass is 343 g/mol. The molecule has 2 aromatic carbocycles. The molecule has 3 N–H and O–H groups in total. The second-order valence-electron chi connectivity index (χ2n) is 5.47. The maximum atomic E-state index is 11.8. The quantitative estimate of drug-likeness (QED) is 0.425. The number of benzene rings is 2. The van der Waals surface area contributed by atoms with E-state index in [0.29, 0.717) is 17.4 Å². The summed E-state index contributed by atoms with van der Waals surface area (Å²) in [4.78, 5) is 11.8. The van der Waals surface area contributed by atoms with Crippen molar-refractivity contribution in [1.82, 2.24) is 9.99 Å². The second kappa shape index (κ2) is 6.95. The number of amides is 1. The molecule has 124 valence electrons. The molecule has 3 rings (SSSR count). The van der Waals surface area contributed by atoms with Crippen LogP contribution in [0.3, 0.4) is 0 Å². The molecule has 0 saturated heterocycles. The maximum absolute atomic E-state index is 11.8. The minimum Gasteiger partial charge on any atom is -0.497 e. The average Bonchev–Trinajstić information content (AvgIpc) is 2.87. The summed E-state index contributed by atoms with van der Waals surface area (Å²) in [5, 5.41) is 1.42. The van der Waals surface area contributed by atoms with E-state index in [1.54, 1.807) is 7.11 Å². The zero-order valence-electron chi connectivity index (χ0n) is 13.3. The van der Waals surface area contributed by atoms with E-state index in [4.69, 9.17) is 22.2 Å². The van der Waals surface area contributed by atoms with Crippen molar-refractivity contribution in [2.45, 2.75) is 13.0 Å². The van der Waals surface area contributed by atoms with Crippen LogP contribution in [0.4, 0.5) is 0 Å². The molecule has 0 spiro atoms. The lowest BCUT2D eigenvalue weighted by atomic mass is 10.1. The lowest BCUT2D eigenvalue weighted by Gasteiger charge is -2.08. The van der Waals surface area contributed by atoms with Crippen molar-refractivity contribution in [3.05, 3.63) is 64.8 Å². The lowest BCUT2D eigenvalue weighted by molar-refractivity contribution is -0.120. The molecule has 1 aromatic heterocycles. The van der Waals surface area contributed by atoms with Crippen LogP contribution in [0.25, 0.3) is 10.9 Å². The largest absolute Gasteiger partial charge is 0.497 e. The zero-order valence-corrected chi connectivity index (χ0v) is 14.0. The van der Waals surface area contributed by atoms with Gasteiger partial charge in [0, 0.05) is 17.5 Å². The number of nitrogens with zero attached hydrogens (tertiary/aromatic N) is 1. The summed E-state index contributed by atoms with van der Waals surface area (Å²) in [5.74, 6) is 5.65. The Morgan fingerprint density at radius 2 is 2.00 bits per heavy atom. The van der Waals surface area contributed by atoms with Crippen molar-refractivity contribution >= 4 is 28.4 Å². The van der Waals surface area contributed by atoms with Gasteiger partial charge in [0.2, 0.25) is 5.91 Å². The molecule has 0 unspecified atom stereocenters. The highest BCUT2D eigenvalue weighted by Crippen LogP contribution is 2.33. The van der Waals surface area contributed by atoms with Gasteiger partial charge < -0.3 is 9.30 Å². The summed E-state index contributed by atoms with van der Waals surface area (Å²) in [6.45, 7) is 0.618. The van der Waals surface area contributed by atoms with Gasteiger partial charge in [0.15, 0.2) is 0 Å². The summed E-state index contributed by atoms with van der Waals surface area (Å²) >= 11 is 6.60. The molecular weight excluding hydrogens is 326 g/mol. The van der Waals surface area contributed by atoms with Gasteiger partial charge in [0.25, 0.3) is 0 Å². The Hall–Kier alpha value is -2.50. The van der Waals surface area contributed by atoms with Gasteiger partial charge in [0.1, 0.15) is 10.9 Å². The van der Waals surface area contributed by atoms with Gasteiger partial charge in [-0.25, -0.2) is 5.84 Å². The first-order chi connectivity index (χ1) is 11.6. The standard InChI is InChI=1S/C18H18ClN3O2/c1-24-13-7-8-16-14(9-13)15(10-17(23)21-20)18(19)22(16)11-12-5-3-2-4-6-12/h2-9H,10-11,20H2,1H3,(H,21,23). The van der Waals surface area contributed by atoms with Gasteiger partial charge in [-0.05, 0) is 23.8 Å². The van der Waals surface area contributed by atoms with Crippen molar-refractivity contribution in [3.8, 4) is 5.75 Å². The van der Waals surface area contributed by atoms with E-state index < -0.39 is 0 Å². The summed E-state index contributed by atoms with van der Waals surface area (Å²) in [7, 11) is 1.61. The van der Waals surface area contributed by atoms with Crippen LogP contribution in [0.2, 0.25) is 5.15 Å². The van der Waals surface area contributed by atoms with Crippen LogP contribution in [0, 0.1) is 0 Å². The number of carbonyl (C=O) groups is 1. The van der Waals surface area contributed by atoms with Crippen molar-refractivity contribution in [2.75, 3.05) is 7.11 Å². The first-order valence-electron chi connectivity index (χ1n) is 7.52. The number of nitrogens with one attached hydrogen (secondary N) is 1. The highest BCUT2D eigenvalue weighted by molar-refractivity contribution is 6.32. The number of methoxy groups -OCH3 is 1. The topological polar surface area (TPSA) is 69.3 Å². The Morgan fingerprint density at radius 1 is 1.25 bits per heavy atom. The van der Waals surface area contributed by atoms with E-state index >= 15 is 0 Å². The Kier molecular flexibility index (Phi) is 4.74. The molecule has 0 fully saturated rings. The average molecular weight is 344 g/mol. The number of hydrogen-bond donors (Lipinski definition) is 2. The summed E-state index contributed by atoms with van der Waals surface area (Å²) in [6, 6.07) is 15.7. The fraction of sp³-hybridized carbons (Fsp3) is 0.167. The predicted octanol–water partition coefficient (Wildman–Crippen LogP) is 2.88. The SMILES string of the molecule is COc1ccc2c(c1)c(CC(=O)NN)c(Cl)n2Cc1ccccc1. The molecular formula is C18H18ClN3O2. The van der Waals surface area contributed by atoms with Gasteiger partial charge >= 0.3 is 0 Å². The number of fused-ring (bicyclic) bond motifs is 1. The molecule has 1 amide bonds. The molecule has 5 nitrogen and oxygen atoms in total. The Bertz CT molecular complexity index is 875. The van der Waals surface area contributed by atoms with E-state index in [0.717, 1.165) is 22.0 Å². The molecule has 24 heavy (non-hydrogen) atoms. The van der Waals surface area contributed by atoms with E-state index in [1.165, 1.54) is 0 Å². The van der Waals surface area contributed by atoms with Crippen LogP contribution in [0.1, 0.15) is 11.1 Å². The summed E-state index contributed by atoms with van der Waals surface area (Å²) in [5.41, 5.74) is 4.97. The van der Waals surface area contributed by atoms with Crippen molar-refractivity contribution in [1.29, 1.82) is 0 Å². The molecule has 0 atom stereocenters. The number of aromatic nitrogens is 1. The van der Waals surface area contributed by atoms with E-state index in [1.807, 2.05) is 53.1 Å². The Balaban J connectivity index is 2.14. The third kappa shape index (κ3) is 3.09. The summed E-state index contributed by atoms with van der Waals surface area (Å²) < 4.78 is 7.29. The van der Waals surface area contributed by atoms with Crippen molar-refractivity contribution < 1.29 is 9.53 Å². The number of hydrazine groups is 1. The highest BCUT2D eigenvalue weighted by Gasteiger charge is 2.18. The third-order valence-corrected chi connectivity index (χ3v) is 4.42. The maximum Gasteiger partial charge on any atom is 0.238 e. The zero-order chi connectivity index (χ0) is 17.1. The Morgan fingerprint density at radius 3 is 2.67 bits per heavy atom. The lowest BCUT2D eigenvalue weighted by Crippen LogP contribution is -2.31. The van der Waals surface area contributed by atoms with Crippen LogP contribution in [0.5, 0.6) is 5.75 Å². The van der Waals surface area contributed by atoms with Gasteiger partial charge in [-0.1, -0.05) is 41.9 Å². The number of halogens is 1. The van der Waals surface area contributed by atoms with E-state index in [9.17, 15) is 4.79 Å². The molecule has 0 aliphatic carbocycles. The molecule has 0 radical (unpaired) electrons. The Labute approximate surface area is 144 Å². The molecule has 3 aromatic rings. The van der Waals surface area contributed by atoms with Crippen LogP contribution in [-0.4, -0.2) is 17.6 Å². The first kappa shape index (κ1) is 16.4. The number of rotatable bonds is 5. The second-order valence-corrected chi connectivity index (χ2v) is 5.83. The molecule has 0 bridgehead atoms. The van der Waals surface area contributed by atoms with E-state index in [2.05, 4.69) is 5.43 Å². The number of ether oxygens (including phenoxy) is 1. The van der Waals surface area contributed by atoms with E-state index in [-0.39, 0.29) is 12.3 Å². The third-order valence-electron chi connectivity index (χ3n) is 3.99. The molecule has 6 heteroatoms. The number of nitrogens with two attached hydrogens (primary N) is 1. The van der Waals surface area contributed by atoms with Crippen LogP contribution < -0.4 is 16.0 Å². The summed E-state index contributed by atoms with van der Waals surface area (Å²) in [6.07, 6.45) is 0.112. The predicted molar refractivity (Wildman–Crippen MR) is 95.1 cm³/mol. The molecule has 1 heterocycles. The number of hydrogen-bond acceptors (Lipinski definition) is 3. The van der Waals surface area contributed by atoms with Crippen LogP contribution >= 0.6 is 11.6 Å². The fourth-order valence-corrected chi connectivity index (χ4v) is 3.12. The van der Waals surface area contributed by atoms with Gasteiger partial charge in [-0.2, -0.15) is 0 Å². The molecule has 0 saturated carbocycles. The number of carbonyl (C=O) groups excluding carboxylic acids is 1. The minimum absolute atomic E-state index is 0.112. The van der Waals surface area contributed by atoms with Crippen LogP contribution in [0.15, 0.2) is 48.5 Å². The van der Waals surface area contributed by atoms with Gasteiger partial charge in [0.05, 0.1) is 19.0 Å². The van der Waals surface area contributed by atoms with Gasteiger partial charge in [-0.15, -0.1) is 0 Å². The highest BCUT2D eigenvalue weighted by atomic mass is 35.5.